The Bertz CT molecular complexity index is 1200. The zero-order valence-corrected chi connectivity index (χ0v) is 20.0. The van der Waals surface area contributed by atoms with Gasteiger partial charge in [-0.2, -0.15) is 0 Å². The number of hydrogen-bond acceptors (Lipinski definition) is 6. The number of carbonyl (C=O) groups excluding carboxylic acids is 1. The number of methoxy groups -OCH3 is 2. The standard InChI is InChI=1S/C24H28N2O6S/c1-6-11-26-20-15-22(31-5)21(30-4)14-19(20)17(3)23(33(26,28)29)24(27)25-10-12-32-18-9-7-8-16(2)13-18/h6-9,13-15H,1,10-12H2,2-5H3,(H,25,27). The highest BCUT2D eigenvalue weighted by Crippen LogP contribution is 2.44. The van der Waals surface area contributed by atoms with E-state index in [0.717, 1.165) is 9.87 Å². The molecule has 1 N–H and O–H groups in total. The Morgan fingerprint density at radius 2 is 1.82 bits per heavy atom. The Morgan fingerprint density at radius 3 is 2.45 bits per heavy atom. The van der Waals surface area contributed by atoms with Gasteiger partial charge < -0.3 is 19.5 Å². The minimum Gasteiger partial charge on any atom is -0.493 e. The molecule has 0 aliphatic carbocycles. The second-order valence-electron chi connectivity index (χ2n) is 7.42. The lowest BCUT2D eigenvalue weighted by molar-refractivity contribution is -0.116. The minimum absolute atomic E-state index is 0.00859. The molecule has 9 heteroatoms. The van der Waals surface area contributed by atoms with Gasteiger partial charge in [-0.1, -0.05) is 18.2 Å². The van der Waals surface area contributed by atoms with Crippen LogP contribution in [-0.2, 0) is 14.8 Å². The van der Waals surface area contributed by atoms with E-state index in [1.54, 1.807) is 19.1 Å². The Balaban J connectivity index is 1.90. The third-order valence-corrected chi connectivity index (χ3v) is 7.14. The molecule has 0 atom stereocenters. The SMILES string of the molecule is C=CCN1c2cc(OC)c(OC)cc2C(C)=C(C(=O)NCCOc2cccc(C)c2)S1(=O)=O. The van der Waals surface area contributed by atoms with E-state index in [1.807, 2.05) is 31.2 Å². The summed E-state index contributed by atoms with van der Waals surface area (Å²) in [5.74, 6) is 0.793. The summed E-state index contributed by atoms with van der Waals surface area (Å²) in [7, 11) is -1.17. The third kappa shape index (κ3) is 4.83. The lowest BCUT2D eigenvalue weighted by atomic mass is 10.0. The fraction of sp³-hybridized carbons (Fsp3) is 0.292. The van der Waals surface area contributed by atoms with Gasteiger partial charge in [0.15, 0.2) is 16.4 Å². The number of rotatable bonds is 9. The molecule has 0 bridgehead atoms. The van der Waals surface area contributed by atoms with Crippen molar-refractivity contribution >= 4 is 27.2 Å². The first-order valence-electron chi connectivity index (χ1n) is 10.3. The van der Waals surface area contributed by atoms with E-state index >= 15 is 0 Å². The zero-order chi connectivity index (χ0) is 24.2. The summed E-state index contributed by atoms with van der Waals surface area (Å²) in [6.07, 6.45) is 1.46. The summed E-state index contributed by atoms with van der Waals surface area (Å²) < 4.78 is 44.3. The van der Waals surface area contributed by atoms with Crippen LogP contribution in [0.2, 0.25) is 0 Å². The molecule has 2 aromatic rings. The van der Waals surface area contributed by atoms with Gasteiger partial charge >= 0.3 is 0 Å². The Hall–Kier alpha value is -3.46. The largest absolute Gasteiger partial charge is 0.493 e. The van der Waals surface area contributed by atoms with E-state index in [0.29, 0.717) is 34.1 Å². The van der Waals surface area contributed by atoms with Gasteiger partial charge in [0.1, 0.15) is 12.4 Å². The fourth-order valence-corrected chi connectivity index (χ4v) is 5.39. The molecule has 176 valence electrons. The van der Waals surface area contributed by atoms with Gasteiger partial charge in [0.25, 0.3) is 15.9 Å². The van der Waals surface area contributed by atoms with Crippen molar-refractivity contribution in [2.24, 2.45) is 0 Å². The van der Waals surface area contributed by atoms with Crippen LogP contribution < -0.4 is 23.8 Å². The third-order valence-electron chi connectivity index (χ3n) is 5.21. The molecule has 1 aliphatic rings. The number of nitrogens with one attached hydrogen (secondary N) is 1. The van der Waals surface area contributed by atoms with Crippen molar-refractivity contribution in [3.8, 4) is 17.2 Å². The number of carbonyl (C=O) groups is 1. The second kappa shape index (κ2) is 9.99. The number of aryl methyl sites for hydroxylation is 1. The summed E-state index contributed by atoms with van der Waals surface area (Å²) in [6.45, 7) is 7.54. The highest BCUT2D eigenvalue weighted by Gasteiger charge is 2.39. The van der Waals surface area contributed by atoms with Gasteiger partial charge in [-0.05, 0) is 43.2 Å². The Kier molecular flexibility index (Phi) is 7.33. The zero-order valence-electron chi connectivity index (χ0n) is 19.2. The number of nitrogens with zero attached hydrogens (tertiary/aromatic N) is 1. The molecule has 2 aromatic carbocycles. The van der Waals surface area contributed by atoms with Crippen LogP contribution in [0.1, 0.15) is 18.1 Å². The highest BCUT2D eigenvalue weighted by molar-refractivity contribution is 7.97. The average Bonchev–Trinajstić information content (AvgIpc) is 2.78. The van der Waals surface area contributed by atoms with Crippen LogP contribution in [-0.4, -0.2) is 48.2 Å². The monoisotopic (exact) mass is 472 g/mol. The van der Waals surface area contributed by atoms with Gasteiger partial charge in [-0.15, -0.1) is 6.58 Å². The van der Waals surface area contributed by atoms with Crippen LogP contribution in [0.25, 0.3) is 5.57 Å². The first-order chi connectivity index (χ1) is 15.7. The number of amides is 1. The summed E-state index contributed by atoms with van der Waals surface area (Å²) >= 11 is 0. The topological polar surface area (TPSA) is 94.2 Å². The molecule has 33 heavy (non-hydrogen) atoms. The number of ether oxygens (including phenoxy) is 3. The van der Waals surface area contributed by atoms with Crippen molar-refractivity contribution in [1.82, 2.24) is 5.32 Å². The van der Waals surface area contributed by atoms with Crippen LogP contribution in [0.15, 0.2) is 54.0 Å². The van der Waals surface area contributed by atoms with Gasteiger partial charge in [0.05, 0.1) is 33.0 Å². The van der Waals surface area contributed by atoms with Crippen molar-refractivity contribution in [1.29, 1.82) is 0 Å². The molecule has 1 amide bonds. The van der Waals surface area contributed by atoms with Gasteiger partial charge in [-0.3, -0.25) is 9.10 Å². The van der Waals surface area contributed by atoms with E-state index in [4.69, 9.17) is 14.2 Å². The quantitative estimate of drug-likeness (QED) is 0.445. The molecule has 3 rings (SSSR count). The molecular formula is C24H28N2O6S. The number of sulfonamides is 1. The van der Waals surface area contributed by atoms with Crippen molar-refractivity contribution in [3.05, 3.63) is 65.1 Å². The average molecular weight is 473 g/mol. The van der Waals surface area contributed by atoms with Gasteiger partial charge in [-0.25, -0.2) is 8.42 Å². The summed E-state index contributed by atoms with van der Waals surface area (Å²) in [6, 6.07) is 10.8. The van der Waals surface area contributed by atoms with E-state index < -0.39 is 15.9 Å². The van der Waals surface area contributed by atoms with Crippen molar-refractivity contribution in [2.75, 3.05) is 38.2 Å². The molecule has 0 fully saturated rings. The molecule has 0 aromatic heterocycles. The number of hydrogen-bond donors (Lipinski definition) is 1. The van der Waals surface area contributed by atoms with Gasteiger partial charge in [0.2, 0.25) is 0 Å². The molecule has 0 unspecified atom stereocenters. The summed E-state index contributed by atoms with van der Waals surface area (Å²) in [4.78, 5) is 12.7. The summed E-state index contributed by atoms with van der Waals surface area (Å²) in [5, 5.41) is 2.66. The second-order valence-corrected chi connectivity index (χ2v) is 9.22. The van der Waals surface area contributed by atoms with E-state index in [9.17, 15) is 13.2 Å². The smallest absolute Gasteiger partial charge is 0.270 e. The Morgan fingerprint density at radius 1 is 1.12 bits per heavy atom. The maximum Gasteiger partial charge on any atom is 0.270 e. The van der Waals surface area contributed by atoms with E-state index in [1.165, 1.54) is 20.3 Å². The normalized spacial score (nSPS) is 14.4. The maximum absolute atomic E-state index is 13.4. The Labute approximate surface area is 194 Å². The maximum atomic E-state index is 13.4. The highest BCUT2D eigenvalue weighted by atomic mass is 32.2. The lowest BCUT2D eigenvalue weighted by Gasteiger charge is -2.32. The predicted molar refractivity (Wildman–Crippen MR) is 128 cm³/mol. The first-order valence-corrected chi connectivity index (χ1v) is 11.8. The van der Waals surface area contributed by atoms with Crippen LogP contribution in [0.3, 0.4) is 0 Å². The molecule has 1 aliphatic heterocycles. The van der Waals surface area contributed by atoms with Crippen LogP contribution in [0.4, 0.5) is 5.69 Å². The van der Waals surface area contributed by atoms with Gasteiger partial charge in [0, 0.05) is 11.6 Å². The lowest BCUT2D eigenvalue weighted by Crippen LogP contribution is -2.42. The van der Waals surface area contributed by atoms with Crippen molar-refractivity contribution in [3.63, 3.8) is 0 Å². The molecule has 0 saturated heterocycles. The first kappa shape index (κ1) is 24.2. The number of benzene rings is 2. The number of fused-ring (bicyclic) bond motifs is 1. The van der Waals surface area contributed by atoms with Crippen molar-refractivity contribution in [2.45, 2.75) is 13.8 Å². The predicted octanol–water partition coefficient (Wildman–Crippen LogP) is 3.27. The molecule has 1 heterocycles. The number of allylic oxidation sites excluding steroid dienone is 1. The molecule has 8 nitrogen and oxygen atoms in total. The van der Waals surface area contributed by atoms with Crippen LogP contribution >= 0.6 is 0 Å². The number of anilines is 1. The molecular weight excluding hydrogens is 444 g/mol. The molecule has 0 radical (unpaired) electrons. The van der Waals surface area contributed by atoms with Crippen molar-refractivity contribution < 1.29 is 27.4 Å². The minimum atomic E-state index is -4.14. The van der Waals surface area contributed by atoms with E-state index in [-0.39, 0.29) is 24.6 Å². The van der Waals surface area contributed by atoms with Crippen LogP contribution in [0, 0.1) is 6.92 Å². The molecule has 0 saturated carbocycles. The van der Waals surface area contributed by atoms with Crippen LogP contribution in [0.5, 0.6) is 17.2 Å². The van der Waals surface area contributed by atoms with E-state index in [2.05, 4.69) is 11.9 Å². The summed E-state index contributed by atoms with van der Waals surface area (Å²) in [5.41, 5.74) is 2.33. The fourth-order valence-electron chi connectivity index (χ4n) is 3.65. The molecule has 0 spiro atoms.